The Labute approximate surface area is 129 Å². The van der Waals surface area contributed by atoms with Crippen molar-refractivity contribution in [2.24, 2.45) is 0 Å². The lowest BCUT2D eigenvalue weighted by Crippen LogP contribution is -2.27. The number of halogens is 1. The van der Waals surface area contributed by atoms with Gasteiger partial charge in [-0.25, -0.2) is 13.1 Å². The quantitative estimate of drug-likeness (QED) is 0.940. The molecular weight excluding hydrogens is 308 g/mol. The largest absolute Gasteiger partial charge is 0.241 e. The molecule has 0 radical (unpaired) electrons. The smallest absolute Gasteiger partial charge is 0.207 e. The lowest BCUT2D eigenvalue weighted by Gasteiger charge is -2.16. The Morgan fingerprint density at radius 2 is 1.90 bits per heavy atom. The van der Waals surface area contributed by atoms with Gasteiger partial charge in [-0.3, -0.25) is 0 Å². The molecule has 0 bridgehead atoms. The highest BCUT2D eigenvalue weighted by molar-refractivity contribution is 7.89. The number of nitriles is 1. The van der Waals surface area contributed by atoms with Crippen molar-refractivity contribution < 1.29 is 8.42 Å². The molecule has 108 valence electrons. The van der Waals surface area contributed by atoms with E-state index in [-0.39, 0.29) is 4.90 Å². The fourth-order valence-corrected chi connectivity index (χ4v) is 3.49. The van der Waals surface area contributed by atoms with E-state index in [2.05, 4.69) is 4.72 Å². The van der Waals surface area contributed by atoms with Crippen LogP contribution in [0, 0.1) is 11.3 Å². The first-order chi connectivity index (χ1) is 9.94. The standard InChI is InChI=1S/C15H13ClN2O2S/c1-11(14-7-2-3-8-15(14)16)18-21(19,20)13-6-4-5-12(9-13)10-17/h2-9,11,18H,1H3/t11-/m1/s1. The van der Waals surface area contributed by atoms with Gasteiger partial charge in [0, 0.05) is 11.1 Å². The molecule has 0 amide bonds. The Bertz CT molecular complexity index is 797. The molecule has 0 fully saturated rings. The summed E-state index contributed by atoms with van der Waals surface area (Å²) in [7, 11) is -3.72. The van der Waals surface area contributed by atoms with E-state index < -0.39 is 16.1 Å². The predicted octanol–water partition coefficient (Wildman–Crippen LogP) is 3.25. The number of rotatable bonds is 4. The van der Waals surface area contributed by atoms with Crippen LogP contribution in [0.1, 0.15) is 24.1 Å². The number of nitrogens with zero attached hydrogens (tertiary/aromatic N) is 1. The average molecular weight is 321 g/mol. The summed E-state index contributed by atoms with van der Waals surface area (Å²) in [6, 6.07) is 14.4. The normalized spacial score (nSPS) is 12.6. The van der Waals surface area contributed by atoms with Gasteiger partial charge in [-0.05, 0) is 36.8 Å². The summed E-state index contributed by atoms with van der Waals surface area (Å²) in [4.78, 5) is 0.0560. The van der Waals surface area contributed by atoms with Crippen molar-refractivity contribution in [2.75, 3.05) is 0 Å². The van der Waals surface area contributed by atoms with Gasteiger partial charge in [0.05, 0.1) is 16.5 Å². The van der Waals surface area contributed by atoms with Crippen molar-refractivity contribution in [1.29, 1.82) is 5.26 Å². The SMILES string of the molecule is C[C@@H](NS(=O)(=O)c1cccc(C#N)c1)c1ccccc1Cl. The third-order valence-electron chi connectivity index (χ3n) is 2.98. The summed E-state index contributed by atoms with van der Waals surface area (Å²) < 4.78 is 27.2. The zero-order valence-corrected chi connectivity index (χ0v) is 12.8. The second-order valence-electron chi connectivity index (χ2n) is 4.50. The molecule has 2 aromatic carbocycles. The zero-order chi connectivity index (χ0) is 15.5. The Balaban J connectivity index is 2.29. The minimum absolute atomic E-state index is 0.0560. The molecule has 2 aromatic rings. The fourth-order valence-electron chi connectivity index (χ4n) is 1.92. The second-order valence-corrected chi connectivity index (χ2v) is 6.63. The molecule has 1 N–H and O–H groups in total. The summed E-state index contributed by atoms with van der Waals surface area (Å²) in [6.07, 6.45) is 0. The molecule has 0 aliphatic rings. The van der Waals surface area contributed by atoms with Crippen LogP contribution in [0.4, 0.5) is 0 Å². The lowest BCUT2D eigenvalue weighted by atomic mass is 10.1. The minimum atomic E-state index is -3.72. The van der Waals surface area contributed by atoms with Crippen molar-refractivity contribution in [3.63, 3.8) is 0 Å². The molecule has 4 nitrogen and oxygen atoms in total. The molecule has 0 saturated carbocycles. The molecule has 2 rings (SSSR count). The summed E-state index contributed by atoms with van der Waals surface area (Å²) in [5.41, 5.74) is 0.988. The highest BCUT2D eigenvalue weighted by atomic mass is 35.5. The van der Waals surface area contributed by atoms with Crippen molar-refractivity contribution in [3.05, 3.63) is 64.7 Å². The van der Waals surface area contributed by atoms with Gasteiger partial charge in [0.1, 0.15) is 0 Å². The first kappa shape index (κ1) is 15.5. The summed E-state index contributed by atoms with van der Waals surface area (Å²) in [6.45, 7) is 1.72. The van der Waals surface area contributed by atoms with Crippen LogP contribution in [0.3, 0.4) is 0 Å². The monoisotopic (exact) mass is 320 g/mol. The third-order valence-corrected chi connectivity index (χ3v) is 4.86. The Hall–Kier alpha value is -1.87. The number of benzene rings is 2. The summed E-state index contributed by atoms with van der Waals surface area (Å²) >= 11 is 6.06. The van der Waals surface area contributed by atoms with Crippen LogP contribution in [-0.4, -0.2) is 8.42 Å². The Morgan fingerprint density at radius 1 is 1.19 bits per heavy atom. The molecular formula is C15H13ClN2O2S. The third kappa shape index (κ3) is 3.61. The van der Waals surface area contributed by atoms with Crippen LogP contribution in [0.2, 0.25) is 5.02 Å². The predicted molar refractivity (Wildman–Crippen MR) is 81.3 cm³/mol. The van der Waals surface area contributed by atoms with Gasteiger partial charge in [-0.2, -0.15) is 5.26 Å². The summed E-state index contributed by atoms with van der Waals surface area (Å²) in [5.74, 6) is 0. The minimum Gasteiger partial charge on any atom is -0.207 e. The van der Waals surface area contributed by atoms with Crippen molar-refractivity contribution in [3.8, 4) is 6.07 Å². The van der Waals surface area contributed by atoms with E-state index in [0.717, 1.165) is 0 Å². The van der Waals surface area contributed by atoms with E-state index in [9.17, 15) is 8.42 Å². The number of nitrogens with one attached hydrogen (secondary N) is 1. The van der Waals surface area contributed by atoms with E-state index in [4.69, 9.17) is 16.9 Å². The maximum Gasteiger partial charge on any atom is 0.241 e. The molecule has 0 unspecified atom stereocenters. The number of hydrogen-bond donors (Lipinski definition) is 1. The van der Waals surface area contributed by atoms with Crippen molar-refractivity contribution in [1.82, 2.24) is 4.72 Å². The van der Waals surface area contributed by atoms with Gasteiger partial charge < -0.3 is 0 Å². The highest BCUT2D eigenvalue weighted by Gasteiger charge is 2.19. The van der Waals surface area contributed by atoms with Crippen molar-refractivity contribution >= 4 is 21.6 Å². The Kier molecular flexibility index (Phi) is 4.63. The first-order valence-electron chi connectivity index (χ1n) is 6.21. The van der Waals surface area contributed by atoms with E-state index >= 15 is 0 Å². The van der Waals surface area contributed by atoms with E-state index in [1.807, 2.05) is 6.07 Å². The van der Waals surface area contributed by atoms with Gasteiger partial charge in [0.2, 0.25) is 10.0 Å². The van der Waals surface area contributed by atoms with Gasteiger partial charge in [-0.1, -0.05) is 35.9 Å². The molecule has 0 aromatic heterocycles. The van der Waals surface area contributed by atoms with Gasteiger partial charge >= 0.3 is 0 Å². The van der Waals surface area contributed by atoms with Crippen LogP contribution < -0.4 is 4.72 Å². The maximum absolute atomic E-state index is 12.3. The van der Waals surface area contributed by atoms with E-state index in [1.165, 1.54) is 18.2 Å². The molecule has 0 aliphatic carbocycles. The van der Waals surface area contributed by atoms with Crippen LogP contribution in [0.25, 0.3) is 0 Å². The van der Waals surface area contributed by atoms with E-state index in [1.54, 1.807) is 37.3 Å². The molecule has 0 aliphatic heterocycles. The van der Waals surface area contributed by atoms with Crippen LogP contribution in [0.5, 0.6) is 0 Å². The van der Waals surface area contributed by atoms with Crippen molar-refractivity contribution in [2.45, 2.75) is 17.9 Å². The molecule has 0 saturated heterocycles. The highest BCUT2D eigenvalue weighted by Crippen LogP contribution is 2.24. The Morgan fingerprint density at radius 3 is 2.57 bits per heavy atom. The molecule has 1 atom stereocenters. The maximum atomic E-state index is 12.3. The number of sulfonamides is 1. The van der Waals surface area contributed by atoms with Gasteiger partial charge in [-0.15, -0.1) is 0 Å². The topological polar surface area (TPSA) is 70.0 Å². The molecule has 0 heterocycles. The van der Waals surface area contributed by atoms with Crippen LogP contribution in [0.15, 0.2) is 53.4 Å². The zero-order valence-electron chi connectivity index (χ0n) is 11.2. The second kappa shape index (κ2) is 6.27. The lowest BCUT2D eigenvalue weighted by molar-refractivity contribution is 0.567. The first-order valence-corrected chi connectivity index (χ1v) is 8.07. The molecule has 21 heavy (non-hydrogen) atoms. The fraction of sp³-hybridized carbons (Fsp3) is 0.133. The van der Waals surface area contributed by atoms with Crippen LogP contribution >= 0.6 is 11.6 Å². The van der Waals surface area contributed by atoms with E-state index in [0.29, 0.717) is 16.1 Å². The summed E-state index contributed by atoms with van der Waals surface area (Å²) in [5, 5.41) is 9.34. The van der Waals surface area contributed by atoms with Crippen LogP contribution in [-0.2, 0) is 10.0 Å². The number of hydrogen-bond acceptors (Lipinski definition) is 3. The molecule has 6 heteroatoms. The van der Waals surface area contributed by atoms with Gasteiger partial charge in [0.25, 0.3) is 0 Å². The molecule has 0 spiro atoms. The van der Waals surface area contributed by atoms with Gasteiger partial charge in [0.15, 0.2) is 0 Å². The average Bonchev–Trinajstić information content (AvgIpc) is 2.47.